The lowest BCUT2D eigenvalue weighted by Gasteiger charge is -2.08. The van der Waals surface area contributed by atoms with E-state index in [0.717, 1.165) is 12.0 Å². The van der Waals surface area contributed by atoms with Gasteiger partial charge >= 0.3 is 0 Å². The van der Waals surface area contributed by atoms with Crippen LogP contribution in [0.1, 0.15) is 11.5 Å². The molecule has 0 aliphatic carbocycles. The van der Waals surface area contributed by atoms with Gasteiger partial charge in [-0.15, -0.1) is 0 Å². The number of aromatic nitrogens is 2. The van der Waals surface area contributed by atoms with E-state index < -0.39 is 0 Å². The van der Waals surface area contributed by atoms with E-state index in [2.05, 4.69) is 9.97 Å². The van der Waals surface area contributed by atoms with Gasteiger partial charge < -0.3 is 19.6 Å². The standard InChI is InChI=1S/C16H17N3O3/c1-20-12-5-3-10(7-13(12)21-2)4-6-15-19-16-14(22-15)8-11(17)9-18-16/h3,5,7-9H,4,6,17H2,1-2H3. The van der Waals surface area contributed by atoms with E-state index in [-0.39, 0.29) is 0 Å². The number of ether oxygens (including phenoxy) is 2. The normalized spacial score (nSPS) is 10.8. The van der Waals surface area contributed by atoms with Crippen LogP contribution in [0.2, 0.25) is 0 Å². The van der Waals surface area contributed by atoms with Crippen molar-refractivity contribution in [2.45, 2.75) is 12.8 Å². The molecule has 114 valence electrons. The second-order valence-corrected chi connectivity index (χ2v) is 4.89. The molecule has 2 N–H and O–H groups in total. The Hall–Kier alpha value is -2.76. The average molecular weight is 299 g/mol. The average Bonchev–Trinajstić information content (AvgIpc) is 2.94. The molecule has 0 saturated heterocycles. The number of nitrogens with two attached hydrogens (primary N) is 1. The number of hydrogen-bond donors (Lipinski definition) is 1. The van der Waals surface area contributed by atoms with Gasteiger partial charge in [-0.3, -0.25) is 0 Å². The maximum Gasteiger partial charge on any atom is 0.198 e. The summed E-state index contributed by atoms with van der Waals surface area (Å²) in [6, 6.07) is 7.58. The molecule has 0 fully saturated rings. The molecule has 3 aromatic rings. The van der Waals surface area contributed by atoms with Gasteiger partial charge in [0.2, 0.25) is 0 Å². The van der Waals surface area contributed by atoms with Crippen LogP contribution in [0.4, 0.5) is 5.69 Å². The van der Waals surface area contributed by atoms with Gasteiger partial charge in [0, 0.05) is 12.5 Å². The molecule has 0 amide bonds. The molecule has 0 aliphatic rings. The van der Waals surface area contributed by atoms with E-state index in [4.69, 9.17) is 19.6 Å². The fourth-order valence-electron chi connectivity index (χ4n) is 2.27. The lowest BCUT2D eigenvalue weighted by atomic mass is 10.1. The maximum absolute atomic E-state index is 5.68. The van der Waals surface area contributed by atoms with Crippen LogP contribution in [-0.4, -0.2) is 24.2 Å². The van der Waals surface area contributed by atoms with Crippen molar-refractivity contribution in [3.63, 3.8) is 0 Å². The van der Waals surface area contributed by atoms with Crippen molar-refractivity contribution in [1.29, 1.82) is 0 Å². The zero-order valence-corrected chi connectivity index (χ0v) is 12.5. The quantitative estimate of drug-likeness (QED) is 0.779. The Balaban J connectivity index is 1.76. The SMILES string of the molecule is COc1ccc(CCc2nc3ncc(N)cc3o2)cc1OC. The molecule has 2 aromatic heterocycles. The molecule has 0 spiro atoms. The van der Waals surface area contributed by atoms with Crippen LogP contribution in [0.3, 0.4) is 0 Å². The summed E-state index contributed by atoms with van der Waals surface area (Å²) in [6.45, 7) is 0. The third kappa shape index (κ3) is 2.81. The number of rotatable bonds is 5. The molecule has 6 heteroatoms. The molecular formula is C16H17N3O3. The smallest absolute Gasteiger partial charge is 0.198 e. The Kier molecular flexibility index (Phi) is 3.82. The third-order valence-corrected chi connectivity index (χ3v) is 3.39. The Morgan fingerprint density at radius 2 is 1.91 bits per heavy atom. The number of oxazole rings is 1. The van der Waals surface area contributed by atoms with Gasteiger partial charge in [-0.05, 0) is 24.1 Å². The Morgan fingerprint density at radius 1 is 1.09 bits per heavy atom. The van der Waals surface area contributed by atoms with Gasteiger partial charge in [-0.25, -0.2) is 4.98 Å². The molecule has 0 atom stereocenters. The molecule has 0 bridgehead atoms. The van der Waals surface area contributed by atoms with E-state index in [1.165, 1.54) is 0 Å². The number of fused-ring (bicyclic) bond motifs is 1. The molecule has 0 saturated carbocycles. The van der Waals surface area contributed by atoms with E-state index in [9.17, 15) is 0 Å². The first-order chi connectivity index (χ1) is 10.7. The summed E-state index contributed by atoms with van der Waals surface area (Å²) >= 11 is 0. The summed E-state index contributed by atoms with van der Waals surface area (Å²) in [7, 11) is 3.24. The monoisotopic (exact) mass is 299 g/mol. The lowest BCUT2D eigenvalue weighted by molar-refractivity contribution is 0.354. The predicted octanol–water partition coefficient (Wildman–Crippen LogP) is 2.61. The van der Waals surface area contributed by atoms with Crippen molar-refractivity contribution >= 4 is 16.9 Å². The summed E-state index contributed by atoms with van der Waals surface area (Å²) in [5, 5.41) is 0. The van der Waals surface area contributed by atoms with Crippen LogP contribution in [0.25, 0.3) is 11.2 Å². The molecule has 22 heavy (non-hydrogen) atoms. The molecule has 0 radical (unpaired) electrons. The number of methoxy groups -OCH3 is 2. The van der Waals surface area contributed by atoms with Crippen LogP contribution in [0.15, 0.2) is 34.9 Å². The van der Waals surface area contributed by atoms with E-state index in [0.29, 0.717) is 40.7 Å². The maximum atomic E-state index is 5.68. The summed E-state index contributed by atoms with van der Waals surface area (Å²) in [5.74, 6) is 2.07. The molecule has 1 aromatic carbocycles. The van der Waals surface area contributed by atoms with Gasteiger partial charge in [-0.2, -0.15) is 4.98 Å². The van der Waals surface area contributed by atoms with Gasteiger partial charge in [-0.1, -0.05) is 6.07 Å². The van der Waals surface area contributed by atoms with Crippen molar-refractivity contribution in [3.05, 3.63) is 41.9 Å². The molecule has 2 heterocycles. The number of benzene rings is 1. The van der Waals surface area contributed by atoms with Gasteiger partial charge in [0.05, 0.1) is 26.1 Å². The van der Waals surface area contributed by atoms with Crippen LogP contribution < -0.4 is 15.2 Å². The second kappa shape index (κ2) is 5.93. The fraction of sp³-hybridized carbons (Fsp3) is 0.250. The topological polar surface area (TPSA) is 83.4 Å². The molecule has 3 rings (SSSR count). The molecule has 0 unspecified atom stereocenters. The highest BCUT2D eigenvalue weighted by Gasteiger charge is 2.09. The second-order valence-electron chi connectivity index (χ2n) is 4.89. The first-order valence-corrected chi connectivity index (χ1v) is 6.91. The third-order valence-electron chi connectivity index (χ3n) is 3.39. The minimum atomic E-state index is 0.565. The van der Waals surface area contributed by atoms with Crippen molar-refractivity contribution in [3.8, 4) is 11.5 Å². The van der Waals surface area contributed by atoms with E-state index in [1.54, 1.807) is 26.5 Å². The molecular weight excluding hydrogens is 282 g/mol. The highest BCUT2D eigenvalue weighted by atomic mass is 16.5. The van der Waals surface area contributed by atoms with Crippen molar-refractivity contribution in [2.75, 3.05) is 20.0 Å². The first-order valence-electron chi connectivity index (χ1n) is 6.91. The van der Waals surface area contributed by atoms with E-state index >= 15 is 0 Å². The van der Waals surface area contributed by atoms with Crippen LogP contribution >= 0.6 is 0 Å². The van der Waals surface area contributed by atoms with E-state index in [1.807, 2.05) is 18.2 Å². The van der Waals surface area contributed by atoms with Crippen molar-refractivity contribution < 1.29 is 13.9 Å². The number of pyridine rings is 1. The largest absolute Gasteiger partial charge is 0.493 e. The van der Waals surface area contributed by atoms with Gasteiger partial charge in [0.25, 0.3) is 0 Å². The summed E-state index contributed by atoms with van der Waals surface area (Å²) < 4.78 is 16.2. The fourth-order valence-corrected chi connectivity index (χ4v) is 2.27. The highest BCUT2D eigenvalue weighted by Crippen LogP contribution is 2.28. The Labute approximate surface area is 127 Å². The minimum absolute atomic E-state index is 0.565. The minimum Gasteiger partial charge on any atom is -0.493 e. The summed E-state index contributed by atoms with van der Waals surface area (Å²) in [5.41, 5.74) is 8.56. The predicted molar refractivity (Wildman–Crippen MR) is 83.2 cm³/mol. The zero-order chi connectivity index (χ0) is 15.5. The molecule has 6 nitrogen and oxygen atoms in total. The van der Waals surface area contributed by atoms with Crippen LogP contribution in [0, 0.1) is 0 Å². The number of hydrogen-bond acceptors (Lipinski definition) is 6. The number of aryl methyl sites for hydroxylation is 2. The number of nitrogens with zero attached hydrogens (tertiary/aromatic N) is 2. The number of nitrogen functional groups attached to an aromatic ring is 1. The molecule has 0 aliphatic heterocycles. The van der Waals surface area contributed by atoms with Crippen molar-refractivity contribution in [1.82, 2.24) is 9.97 Å². The highest BCUT2D eigenvalue weighted by molar-refractivity contribution is 5.71. The van der Waals surface area contributed by atoms with Gasteiger partial charge in [0.15, 0.2) is 28.6 Å². The number of anilines is 1. The Morgan fingerprint density at radius 3 is 2.68 bits per heavy atom. The van der Waals surface area contributed by atoms with Crippen molar-refractivity contribution in [2.24, 2.45) is 0 Å². The summed E-state index contributed by atoms with van der Waals surface area (Å²) in [4.78, 5) is 8.50. The van der Waals surface area contributed by atoms with Gasteiger partial charge in [0.1, 0.15) is 0 Å². The van der Waals surface area contributed by atoms with Crippen LogP contribution in [0.5, 0.6) is 11.5 Å². The first kappa shape index (κ1) is 14.2. The van der Waals surface area contributed by atoms with Crippen LogP contribution in [-0.2, 0) is 12.8 Å². The zero-order valence-electron chi connectivity index (χ0n) is 12.5. The lowest BCUT2D eigenvalue weighted by Crippen LogP contribution is -1.95. The Bertz CT molecular complexity index is 798. The summed E-state index contributed by atoms with van der Waals surface area (Å²) in [6.07, 6.45) is 3.03.